The Hall–Kier alpha value is -3.68. The van der Waals surface area contributed by atoms with Crippen molar-refractivity contribution in [1.29, 1.82) is 5.41 Å². The molecule has 3 heterocycles. The van der Waals surface area contributed by atoms with Crippen LogP contribution in [0.25, 0.3) is 10.8 Å². The highest BCUT2D eigenvalue weighted by atomic mass is 16.5. The molecule has 1 aromatic heterocycles. The van der Waals surface area contributed by atoms with Gasteiger partial charge in [-0.15, -0.1) is 0 Å². The molecule has 4 aromatic rings. The molecule has 1 N–H and O–H groups in total. The Bertz CT molecular complexity index is 1440. The van der Waals surface area contributed by atoms with Gasteiger partial charge in [-0.2, -0.15) is 0 Å². The second-order valence-corrected chi connectivity index (χ2v) is 9.32. The Morgan fingerprint density at radius 3 is 2.58 bits per heavy atom. The van der Waals surface area contributed by atoms with Crippen LogP contribution in [0.1, 0.15) is 29.0 Å². The van der Waals surface area contributed by atoms with Crippen molar-refractivity contribution in [3.8, 4) is 17.4 Å². The van der Waals surface area contributed by atoms with E-state index in [4.69, 9.17) is 19.2 Å². The van der Waals surface area contributed by atoms with Crippen LogP contribution in [0.15, 0.2) is 67.0 Å². The van der Waals surface area contributed by atoms with Crippen molar-refractivity contribution in [3.05, 3.63) is 89.2 Å². The summed E-state index contributed by atoms with van der Waals surface area (Å²) in [5, 5.41) is 11.5. The number of aromatic nitrogens is 2. The summed E-state index contributed by atoms with van der Waals surface area (Å²) in [6.45, 7) is 5.25. The van der Waals surface area contributed by atoms with Crippen molar-refractivity contribution >= 4 is 10.8 Å². The summed E-state index contributed by atoms with van der Waals surface area (Å²) in [7, 11) is 1.67. The van der Waals surface area contributed by atoms with E-state index in [2.05, 4.69) is 47.4 Å². The molecule has 1 unspecified atom stereocenters. The fourth-order valence-corrected chi connectivity index (χ4v) is 5.35. The highest BCUT2D eigenvalue weighted by Crippen LogP contribution is 2.48. The number of nitrogens with zero attached hydrogens (tertiary/aromatic N) is 3. The lowest BCUT2D eigenvalue weighted by molar-refractivity contribution is 0.0369. The molecule has 7 heteroatoms. The number of benzene rings is 3. The van der Waals surface area contributed by atoms with Gasteiger partial charge in [0.05, 0.1) is 25.9 Å². The number of fused-ring (bicyclic) bond motifs is 4. The first kappa shape index (κ1) is 22.8. The number of rotatable bonds is 6. The Labute approximate surface area is 210 Å². The largest absolute Gasteiger partial charge is 0.497 e. The monoisotopic (exact) mass is 482 g/mol. The molecule has 36 heavy (non-hydrogen) atoms. The maximum atomic E-state index is 9.24. The van der Waals surface area contributed by atoms with E-state index in [0.29, 0.717) is 11.4 Å². The summed E-state index contributed by atoms with van der Waals surface area (Å²) in [5.41, 5.74) is 3.41. The first-order chi connectivity index (χ1) is 17.7. The summed E-state index contributed by atoms with van der Waals surface area (Å²) in [5.74, 6) is 1.93. The molecular weight excluding hydrogens is 452 g/mol. The first-order valence-electron chi connectivity index (χ1n) is 12.5. The lowest BCUT2D eigenvalue weighted by atomic mass is 9.81. The van der Waals surface area contributed by atoms with Crippen LogP contribution < -0.4 is 15.0 Å². The topological polar surface area (TPSA) is 72.6 Å². The standard InChI is InChI=1S/C29H30N4O3/c1-34-22-10-7-21(8-11-22)25-26-23-6-3-2-5-20(23)9-12-24(26)36-29-27(25)28(30)33(19-31-29)14-4-13-32-15-17-35-18-16-32/h2-3,5-12,19,25,30H,4,13-18H2,1H3. The van der Waals surface area contributed by atoms with Crippen LogP contribution in [0, 0.1) is 5.41 Å². The highest BCUT2D eigenvalue weighted by Gasteiger charge is 2.33. The van der Waals surface area contributed by atoms with Crippen molar-refractivity contribution in [2.75, 3.05) is 40.0 Å². The third-order valence-corrected chi connectivity index (χ3v) is 7.23. The van der Waals surface area contributed by atoms with E-state index >= 15 is 0 Å². The maximum Gasteiger partial charge on any atom is 0.228 e. The third-order valence-electron chi connectivity index (χ3n) is 7.23. The van der Waals surface area contributed by atoms with Crippen LogP contribution in [0.2, 0.25) is 0 Å². The zero-order valence-electron chi connectivity index (χ0n) is 20.4. The van der Waals surface area contributed by atoms with Gasteiger partial charge in [-0.25, -0.2) is 4.98 Å². The Morgan fingerprint density at radius 2 is 1.78 bits per heavy atom. The molecule has 0 radical (unpaired) electrons. The maximum absolute atomic E-state index is 9.24. The number of hydrogen-bond donors (Lipinski definition) is 1. The first-order valence-corrected chi connectivity index (χ1v) is 12.5. The van der Waals surface area contributed by atoms with E-state index < -0.39 is 0 Å². The van der Waals surface area contributed by atoms with Gasteiger partial charge in [0.2, 0.25) is 5.88 Å². The van der Waals surface area contributed by atoms with Crippen molar-refractivity contribution in [2.45, 2.75) is 18.9 Å². The second-order valence-electron chi connectivity index (χ2n) is 9.32. The smallest absolute Gasteiger partial charge is 0.228 e. The quantitative estimate of drug-likeness (QED) is 0.385. The van der Waals surface area contributed by atoms with Crippen LogP contribution in [0.5, 0.6) is 17.4 Å². The molecule has 2 aliphatic heterocycles. The van der Waals surface area contributed by atoms with Crippen LogP contribution in [0.3, 0.4) is 0 Å². The molecule has 6 rings (SSSR count). The number of aryl methyl sites for hydroxylation is 1. The van der Waals surface area contributed by atoms with Crippen molar-refractivity contribution in [3.63, 3.8) is 0 Å². The Morgan fingerprint density at radius 1 is 0.972 bits per heavy atom. The van der Waals surface area contributed by atoms with E-state index in [0.717, 1.165) is 84.8 Å². The van der Waals surface area contributed by atoms with Gasteiger partial charge in [0.1, 0.15) is 23.3 Å². The molecule has 0 spiro atoms. The van der Waals surface area contributed by atoms with E-state index in [1.807, 2.05) is 22.8 Å². The van der Waals surface area contributed by atoms with Crippen molar-refractivity contribution in [1.82, 2.24) is 14.5 Å². The fourth-order valence-electron chi connectivity index (χ4n) is 5.35. The number of hydrogen-bond acceptors (Lipinski definition) is 6. The second kappa shape index (κ2) is 9.76. The molecule has 1 fully saturated rings. The molecule has 3 aromatic carbocycles. The average Bonchev–Trinajstić information content (AvgIpc) is 2.94. The van der Waals surface area contributed by atoms with Gasteiger partial charge in [-0.05, 0) is 41.0 Å². The number of ether oxygens (including phenoxy) is 3. The summed E-state index contributed by atoms with van der Waals surface area (Å²) in [6.07, 6.45) is 2.70. The summed E-state index contributed by atoms with van der Waals surface area (Å²) >= 11 is 0. The molecule has 1 atom stereocenters. The Kier molecular flexibility index (Phi) is 6.17. The van der Waals surface area contributed by atoms with Crippen molar-refractivity contribution in [2.24, 2.45) is 0 Å². The molecule has 0 saturated carbocycles. The molecule has 0 aliphatic carbocycles. The number of morpholine rings is 1. The molecule has 184 valence electrons. The minimum absolute atomic E-state index is 0.174. The molecule has 0 bridgehead atoms. The van der Waals surface area contributed by atoms with Gasteiger partial charge in [0.25, 0.3) is 0 Å². The predicted molar refractivity (Wildman–Crippen MR) is 138 cm³/mol. The van der Waals surface area contributed by atoms with E-state index in [1.54, 1.807) is 13.4 Å². The fraction of sp³-hybridized carbons (Fsp3) is 0.310. The van der Waals surface area contributed by atoms with Gasteiger partial charge in [-0.3, -0.25) is 10.3 Å². The lowest BCUT2D eigenvalue weighted by Gasteiger charge is -2.30. The minimum atomic E-state index is -0.174. The lowest BCUT2D eigenvalue weighted by Crippen LogP contribution is -2.37. The highest BCUT2D eigenvalue weighted by molar-refractivity contribution is 5.90. The molecule has 2 aliphatic rings. The summed E-state index contributed by atoms with van der Waals surface area (Å²) in [6, 6.07) is 20.6. The van der Waals surface area contributed by atoms with Crippen molar-refractivity contribution < 1.29 is 14.2 Å². The normalized spacial score (nSPS) is 17.3. The van der Waals surface area contributed by atoms with Crippen LogP contribution in [0.4, 0.5) is 0 Å². The van der Waals surface area contributed by atoms with Gasteiger partial charge in [0, 0.05) is 37.7 Å². The van der Waals surface area contributed by atoms with E-state index in [1.165, 1.54) is 0 Å². The molecule has 1 saturated heterocycles. The molecule has 7 nitrogen and oxygen atoms in total. The van der Waals surface area contributed by atoms with E-state index in [9.17, 15) is 5.41 Å². The summed E-state index contributed by atoms with van der Waals surface area (Å²) < 4.78 is 19.2. The van der Waals surface area contributed by atoms with Gasteiger partial charge in [0.15, 0.2) is 0 Å². The zero-order chi connectivity index (χ0) is 24.5. The summed E-state index contributed by atoms with van der Waals surface area (Å²) in [4.78, 5) is 7.12. The molecular formula is C29H30N4O3. The Balaban J connectivity index is 1.43. The third kappa shape index (κ3) is 4.14. The molecule has 0 amide bonds. The van der Waals surface area contributed by atoms with Crippen LogP contribution in [-0.2, 0) is 11.3 Å². The van der Waals surface area contributed by atoms with Gasteiger partial charge < -0.3 is 18.8 Å². The predicted octanol–water partition coefficient (Wildman–Crippen LogP) is 4.53. The number of nitrogens with one attached hydrogen (secondary N) is 1. The zero-order valence-corrected chi connectivity index (χ0v) is 20.4. The average molecular weight is 483 g/mol. The van der Waals surface area contributed by atoms with Gasteiger partial charge >= 0.3 is 0 Å². The van der Waals surface area contributed by atoms with Gasteiger partial charge in [-0.1, -0.05) is 42.5 Å². The number of methoxy groups -OCH3 is 1. The van der Waals surface area contributed by atoms with E-state index in [-0.39, 0.29) is 5.92 Å². The minimum Gasteiger partial charge on any atom is -0.497 e. The van der Waals surface area contributed by atoms with Crippen LogP contribution in [-0.4, -0.2) is 54.4 Å². The van der Waals surface area contributed by atoms with Crippen LogP contribution >= 0.6 is 0 Å². The SMILES string of the molecule is COc1ccc(C2c3c(ncn(CCCN4CCOCC4)c3=N)Oc3ccc4ccccc4c32)cc1.